The van der Waals surface area contributed by atoms with E-state index in [-0.39, 0.29) is 5.91 Å². The molecule has 0 saturated heterocycles. The molecule has 1 rings (SSSR count). The van der Waals surface area contributed by atoms with Gasteiger partial charge >= 0.3 is 0 Å². The minimum Gasteiger partial charge on any atom is -0.383 e. The summed E-state index contributed by atoms with van der Waals surface area (Å²) in [6.07, 6.45) is 0.677. The molecule has 0 aliphatic carbocycles. The monoisotopic (exact) mass is 304 g/mol. The molecule has 1 aromatic rings. The fraction of sp³-hybridized carbons (Fsp3) is 0.562. The van der Waals surface area contributed by atoms with Crippen molar-refractivity contribution < 1.29 is 9.53 Å². The normalized spacial score (nSPS) is 11.8. The summed E-state index contributed by atoms with van der Waals surface area (Å²) in [5, 5.41) is 15.0. The lowest BCUT2D eigenvalue weighted by molar-refractivity contribution is -0.122. The number of nitrogens with zero attached hydrogens (tertiary/aromatic N) is 2. The van der Waals surface area contributed by atoms with Gasteiger partial charge in [-0.3, -0.25) is 4.79 Å². The number of aromatic nitrogens is 1. The molecule has 0 aliphatic heterocycles. The first-order valence-corrected chi connectivity index (χ1v) is 7.38. The smallest absolute Gasteiger partial charge is 0.242 e. The minimum atomic E-state index is -0.391. The van der Waals surface area contributed by atoms with Crippen LogP contribution in [0.1, 0.15) is 31.5 Å². The van der Waals surface area contributed by atoms with Gasteiger partial charge in [-0.1, -0.05) is 13.8 Å². The maximum atomic E-state index is 12.3. The highest BCUT2D eigenvalue weighted by Crippen LogP contribution is 2.14. The number of carbonyl (C=O) groups is 1. The molecule has 6 heteroatoms. The van der Waals surface area contributed by atoms with Crippen LogP contribution in [0.3, 0.4) is 0 Å². The van der Waals surface area contributed by atoms with Gasteiger partial charge in [0.1, 0.15) is 11.9 Å². The van der Waals surface area contributed by atoms with Gasteiger partial charge in [0.15, 0.2) is 0 Å². The van der Waals surface area contributed by atoms with E-state index < -0.39 is 6.04 Å². The van der Waals surface area contributed by atoms with Crippen molar-refractivity contribution in [3.8, 4) is 6.07 Å². The number of methoxy groups -OCH3 is 1. The Kier molecular flexibility index (Phi) is 7.33. The van der Waals surface area contributed by atoms with E-state index in [1.54, 1.807) is 19.2 Å². The molecule has 120 valence electrons. The van der Waals surface area contributed by atoms with E-state index in [9.17, 15) is 4.79 Å². The second kappa shape index (κ2) is 9.00. The standard InChI is InChI=1S/C16H24N4O2/c1-11(2)7-14(16(21)18-5-6-22-4)20-15-9-13(10-17)8-12(3)19-15/h8-9,11,14H,5-7H2,1-4H3,(H,18,21)(H,19,20)/t14-/m0/s1. The van der Waals surface area contributed by atoms with Crippen LogP contribution in [0.4, 0.5) is 5.82 Å². The average Bonchev–Trinajstić information content (AvgIpc) is 2.45. The second-order valence-electron chi connectivity index (χ2n) is 5.60. The number of pyridine rings is 1. The Bertz CT molecular complexity index is 537. The van der Waals surface area contributed by atoms with Gasteiger partial charge < -0.3 is 15.4 Å². The zero-order chi connectivity index (χ0) is 16.5. The van der Waals surface area contributed by atoms with Crippen LogP contribution >= 0.6 is 0 Å². The molecule has 1 heterocycles. The molecule has 0 radical (unpaired) electrons. The van der Waals surface area contributed by atoms with Gasteiger partial charge in [-0.05, 0) is 31.4 Å². The summed E-state index contributed by atoms with van der Waals surface area (Å²) in [4.78, 5) is 16.6. The van der Waals surface area contributed by atoms with E-state index in [0.717, 1.165) is 5.69 Å². The van der Waals surface area contributed by atoms with E-state index >= 15 is 0 Å². The van der Waals surface area contributed by atoms with Crippen molar-refractivity contribution >= 4 is 11.7 Å². The molecule has 1 aromatic heterocycles. The van der Waals surface area contributed by atoms with Crippen molar-refractivity contribution in [2.45, 2.75) is 33.2 Å². The summed E-state index contributed by atoms with van der Waals surface area (Å²) in [6, 6.07) is 5.07. The van der Waals surface area contributed by atoms with Crippen LogP contribution in [0.5, 0.6) is 0 Å². The molecule has 0 spiro atoms. The first-order valence-electron chi connectivity index (χ1n) is 7.38. The Morgan fingerprint density at radius 2 is 2.18 bits per heavy atom. The highest BCUT2D eigenvalue weighted by Gasteiger charge is 2.20. The van der Waals surface area contributed by atoms with Gasteiger partial charge in [-0.15, -0.1) is 0 Å². The first kappa shape index (κ1) is 17.9. The van der Waals surface area contributed by atoms with Crippen molar-refractivity contribution in [2.24, 2.45) is 5.92 Å². The van der Waals surface area contributed by atoms with Crippen LogP contribution in [0, 0.1) is 24.2 Å². The third kappa shape index (κ3) is 6.10. The molecule has 2 N–H and O–H groups in total. The predicted molar refractivity (Wildman–Crippen MR) is 85.4 cm³/mol. The minimum absolute atomic E-state index is 0.0902. The lowest BCUT2D eigenvalue weighted by atomic mass is 10.0. The van der Waals surface area contributed by atoms with Gasteiger partial charge in [0.25, 0.3) is 0 Å². The predicted octanol–water partition coefficient (Wildman–Crippen LogP) is 1.85. The number of amides is 1. The maximum absolute atomic E-state index is 12.3. The van der Waals surface area contributed by atoms with Crippen LogP contribution in [-0.4, -0.2) is 37.2 Å². The third-order valence-corrected chi connectivity index (χ3v) is 3.03. The van der Waals surface area contributed by atoms with E-state index in [2.05, 4.69) is 35.5 Å². The highest BCUT2D eigenvalue weighted by molar-refractivity contribution is 5.84. The molecule has 0 bridgehead atoms. The SMILES string of the molecule is COCCNC(=O)[C@H](CC(C)C)Nc1cc(C#N)cc(C)n1. The van der Waals surface area contributed by atoms with Gasteiger partial charge in [0.2, 0.25) is 5.91 Å². The summed E-state index contributed by atoms with van der Waals surface area (Å²) in [5.74, 6) is 0.808. The molecule has 1 atom stereocenters. The van der Waals surface area contributed by atoms with Crippen LogP contribution < -0.4 is 10.6 Å². The fourth-order valence-corrected chi connectivity index (χ4v) is 2.09. The summed E-state index contributed by atoms with van der Waals surface area (Å²) in [6.45, 7) is 6.88. The van der Waals surface area contributed by atoms with E-state index in [0.29, 0.717) is 36.9 Å². The number of hydrogen-bond donors (Lipinski definition) is 2. The summed E-state index contributed by atoms with van der Waals surface area (Å²) >= 11 is 0. The zero-order valence-corrected chi connectivity index (χ0v) is 13.6. The molecule has 0 saturated carbocycles. The molecule has 6 nitrogen and oxygen atoms in total. The number of ether oxygens (including phenoxy) is 1. The van der Waals surface area contributed by atoms with Crippen molar-refractivity contribution in [3.63, 3.8) is 0 Å². The number of hydrogen-bond acceptors (Lipinski definition) is 5. The van der Waals surface area contributed by atoms with E-state index in [1.165, 1.54) is 0 Å². The van der Waals surface area contributed by atoms with E-state index in [4.69, 9.17) is 10.00 Å². The Balaban J connectivity index is 2.82. The van der Waals surface area contributed by atoms with Gasteiger partial charge in [-0.25, -0.2) is 4.98 Å². The lowest BCUT2D eigenvalue weighted by Crippen LogP contribution is -2.41. The van der Waals surface area contributed by atoms with Crippen LogP contribution in [0.15, 0.2) is 12.1 Å². The van der Waals surface area contributed by atoms with Crippen LogP contribution in [0.25, 0.3) is 0 Å². The molecule has 0 fully saturated rings. The average molecular weight is 304 g/mol. The third-order valence-electron chi connectivity index (χ3n) is 3.03. The Morgan fingerprint density at radius 1 is 1.45 bits per heavy atom. The number of anilines is 1. The summed E-state index contributed by atoms with van der Waals surface area (Å²) in [7, 11) is 1.59. The van der Waals surface area contributed by atoms with E-state index in [1.807, 2.05) is 6.92 Å². The Labute approximate surface area is 131 Å². The maximum Gasteiger partial charge on any atom is 0.242 e. The van der Waals surface area contributed by atoms with Crippen molar-refractivity contribution in [1.82, 2.24) is 10.3 Å². The number of nitrogens with one attached hydrogen (secondary N) is 2. The quantitative estimate of drug-likeness (QED) is 0.716. The summed E-state index contributed by atoms with van der Waals surface area (Å²) in [5.41, 5.74) is 1.27. The number of nitriles is 1. The zero-order valence-electron chi connectivity index (χ0n) is 13.6. The molecule has 0 aromatic carbocycles. The first-order chi connectivity index (χ1) is 10.5. The number of aryl methyl sites for hydroxylation is 1. The molecule has 0 unspecified atom stereocenters. The summed E-state index contributed by atoms with van der Waals surface area (Å²) < 4.78 is 4.93. The van der Waals surface area contributed by atoms with Gasteiger partial charge in [0, 0.05) is 19.3 Å². The van der Waals surface area contributed by atoms with Crippen molar-refractivity contribution in [3.05, 3.63) is 23.4 Å². The largest absolute Gasteiger partial charge is 0.383 e. The molecular formula is C16H24N4O2. The molecule has 0 aliphatic rings. The second-order valence-corrected chi connectivity index (χ2v) is 5.60. The Morgan fingerprint density at radius 3 is 2.77 bits per heavy atom. The van der Waals surface area contributed by atoms with Crippen LogP contribution in [-0.2, 0) is 9.53 Å². The molecule has 1 amide bonds. The number of carbonyl (C=O) groups excluding carboxylic acids is 1. The topological polar surface area (TPSA) is 87.0 Å². The molecule has 22 heavy (non-hydrogen) atoms. The molecular weight excluding hydrogens is 280 g/mol. The van der Waals surface area contributed by atoms with Gasteiger partial charge in [0.05, 0.1) is 18.2 Å². The van der Waals surface area contributed by atoms with Crippen molar-refractivity contribution in [1.29, 1.82) is 5.26 Å². The fourth-order valence-electron chi connectivity index (χ4n) is 2.09. The Hall–Kier alpha value is -2.13. The van der Waals surface area contributed by atoms with Crippen LogP contribution in [0.2, 0.25) is 0 Å². The number of rotatable bonds is 8. The highest BCUT2D eigenvalue weighted by atomic mass is 16.5. The lowest BCUT2D eigenvalue weighted by Gasteiger charge is -2.21. The van der Waals surface area contributed by atoms with Crippen molar-refractivity contribution in [2.75, 3.05) is 25.6 Å². The van der Waals surface area contributed by atoms with Gasteiger partial charge in [-0.2, -0.15) is 5.26 Å².